The molecule has 0 unspecified atom stereocenters. The standard InChI is InChI=1S/C12H12FN3O2S/c1-9-14-7-6-10(16-9)8-15-19(17,18)12-5-3-2-4-11(12)13/h2-7,15H,8H2,1H3. The average molecular weight is 281 g/mol. The fourth-order valence-corrected chi connectivity index (χ4v) is 2.59. The SMILES string of the molecule is Cc1nccc(CNS(=O)(=O)c2ccccc2F)n1. The van der Waals surface area contributed by atoms with E-state index in [1.807, 2.05) is 0 Å². The van der Waals surface area contributed by atoms with Crippen LogP contribution in [0.2, 0.25) is 0 Å². The molecule has 5 nitrogen and oxygen atoms in total. The zero-order valence-electron chi connectivity index (χ0n) is 10.2. The highest BCUT2D eigenvalue weighted by Gasteiger charge is 2.18. The lowest BCUT2D eigenvalue weighted by Crippen LogP contribution is -2.24. The molecule has 0 aliphatic carbocycles. The summed E-state index contributed by atoms with van der Waals surface area (Å²) in [7, 11) is -3.89. The first kappa shape index (κ1) is 13.6. The number of rotatable bonds is 4. The van der Waals surface area contributed by atoms with Crippen molar-refractivity contribution in [3.63, 3.8) is 0 Å². The van der Waals surface area contributed by atoms with Crippen molar-refractivity contribution in [1.82, 2.24) is 14.7 Å². The summed E-state index contributed by atoms with van der Waals surface area (Å²) < 4.78 is 39.6. The maximum Gasteiger partial charge on any atom is 0.243 e. The van der Waals surface area contributed by atoms with Crippen LogP contribution in [0.4, 0.5) is 4.39 Å². The number of hydrogen-bond donors (Lipinski definition) is 1. The molecular formula is C12H12FN3O2S. The number of sulfonamides is 1. The number of aromatic nitrogens is 2. The van der Waals surface area contributed by atoms with E-state index in [9.17, 15) is 12.8 Å². The highest BCUT2D eigenvalue weighted by molar-refractivity contribution is 7.89. The van der Waals surface area contributed by atoms with Crippen molar-refractivity contribution in [2.24, 2.45) is 0 Å². The second kappa shape index (κ2) is 5.41. The van der Waals surface area contributed by atoms with Gasteiger partial charge in [0, 0.05) is 6.20 Å². The molecule has 100 valence electrons. The lowest BCUT2D eigenvalue weighted by Gasteiger charge is -2.07. The second-order valence-electron chi connectivity index (χ2n) is 3.85. The average Bonchev–Trinajstić information content (AvgIpc) is 2.37. The van der Waals surface area contributed by atoms with Crippen molar-refractivity contribution < 1.29 is 12.8 Å². The Bertz CT molecular complexity index is 689. The molecule has 0 fully saturated rings. The van der Waals surface area contributed by atoms with E-state index in [4.69, 9.17) is 0 Å². The topological polar surface area (TPSA) is 72.0 Å². The van der Waals surface area contributed by atoms with Crippen LogP contribution in [0.5, 0.6) is 0 Å². The molecule has 1 heterocycles. The normalized spacial score (nSPS) is 11.5. The highest BCUT2D eigenvalue weighted by atomic mass is 32.2. The maximum absolute atomic E-state index is 13.4. The van der Waals surface area contributed by atoms with E-state index in [1.165, 1.54) is 24.4 Å². The Morgan fingerprint density at radius 2 is 2.00 bits per heavy atom. The minimum absolute atomic E-state index is 0.0139. The monoisotopic (exact) mass is 281 g/mol. The van der Waals surface area contributed by atoms with Crippen molar-refractivity contribution in [2.75, 3.05) is 0 Å². The van der Waals surface area contributed by atoms with E-state index in [1.54, 1.807) is 13.0 Å². The summed E-state index contributed by atoms with van der Waals surface area (Å²) in [5, 5.41) is 0. The Labute approximate surface area is 110 Å². The zero-order chi connectivity index (χ0) is 13.9. The summed E-state index contributed by atoms with van der Waals surface area (Å²) >= 11 is 0. The van der Waals surface area contributed by atoms with Crippen LogP contribution < -0.4 is 4.72 Å². The van der Waals surface area contributed by atoms with Gasteiger partial charge in [-0.2, -0.15) is 0 Å². The molecule has 0 aliphatic rings. The zero-order valence-corrected chi connectivity index (χ0v) is 11.0. The van der Waals surface area contributed by atoms with Crippen LogP contribution in [-0.4, -0.2) is 18.4 Å². The Kier molecular flexibility index (Phi) is 3.87. The summed E-state index contributed by atoms with van der Waals surface area (Å²) in [6, 6.07) is 6.80. The van der Waals surface area contributed by atoms with Gasteiger partial charge in [0.25, 0.3) is 0 Å². The van der Waals surface area contributed by atoms with Gasteiger partial charge in [-0.05, 0) is 25.1 Å². The van der Waals surface area contributed by atoms with Crippen LogP contribution in [0.15, 0.2) is 41.4 Å². The molecule has 0 spiro atoms. The molecule has 2 aromatic rings. The van der Waals surface area contributed by atoms with Gasteiger partial charge >= 0.3 is 0 Å². The quantitative estimate of drug-likeness (QED) is 0.919. The van der Waals surface area contributed by atoms with E-state index in [0.29, 0.717) is 11.5 Å². The number of nitrogens with one attached hydrogen (secondary N) is 1. The Morgan fingerprint density at radius 1 is 1.26 bits per heavy atom. The van der Waals surface area contributed by atoms with E-state index in [-0.39, 0.29) is 11.4 Å². The van der Waals surface area contributed by atoms with Gasteiger partial charge in [-0.3, -0.25) is 0 Å². The Balaban J connectivity index is 2.17. The molecule has 1 aromatic carbocycles. The molecule has 19 heavy (non-hydrogen) atoms. The highest BCUT2D eigenvalue weighted by Crippen LogP contribution is 2.13. The van der Waals surface area contributed by atoms with Crippen LogP contribution in [-0.2, 0) is 16.6 Å². The molecule has 7 heteroatoms. The third-order valence-electron chi connectivity index (χ3n) is 2.40. The predicted molar refractivity (Wildman–Crippen MR) is 67.2 cm³/mol. The van der Waals surface area contributed by atoms with E-state index >= 15 is 0 Å². The third kappa shape index (κ3) is 3.33. The molecular weight excluding hydrogens is 269 g/mol. The lowest BCUT2D eigenvalue weighted by atomic mass is 10.4. The predicted octanol–water partition coefficient (Wildman–Crippen LogP) is 1.40. The molecule has 0 bridgehead atoms. The number of halogens is 1. The van der Waals surface area contributed by atoms with Crippen LogP contribution in [0.1, 0.15) is 11.5 Å². The molecule has 0 aliphatic heterocycles. The van der Waals surface area contributed by atoms with Crippen molar-refractivity contribution in [2.45, 2.75) is 18.4 Å². The van der Waals surface area contributed by atoms with Gasteiger partial charge in [-0.25, -0.2) is 27.5 Å². The molecule has 1 N–H and O–H groups in total. The maximum atomic E-state index is 13.4. The fourth-order valence-electron chi connectivity index (χ4n) is 1.51. The lowest BCUT2D eigenvalue weighted by molar-refractivity contribution is 0.556. The molecule has 0 atom stereocenters. The van der Waals surface area contributed by atoms with Crippen LogP contribution in [0.3, 0.4) is 0 Å². The largest absolute Gasteiger partial charge is 0.243 e. The number of nitrogens with zero attached hydrogens (tertiary/aromatic N) is 2. The van der Waals surface area contributed by atoms with Crippen molar-refractivity contribution >= 4 is 10.0 Å². The molecule has 0 saturated heterocycles. The molecule has 1 aromatic heterocycles. The van der Waals surface area contributed by atoms with Crippen molar-refractivity contribution in [3.8, 4) is 0 Å². The van der Waals surface area contributed by atoms with Crippen molar-refractivity contribution in [3.05, 3.63) is 53.9 Å². The Hall–Kier alpha value is -1.86. The third-order valence-corrected chi connectivity index (χ3v) is 3.84. The molecule has 0 amide bonds. The molecule has 2 rings (SSSR count). The van der Waals surface area contributed by atoms with Gasteiger partial charge in [-0.15, -0.1) is 0 Å². The van der Waals surface area contributed by atoms with Crippen LogP contribution in [0.25, 0.3) is 0 Å². The number of aryl methyl sites for hydroxylation is 1. The van der Waals surface area contributed by atoms with Gasteiger partial charge in [0.1, 0.15) is 16.5 Å². The number of benzene rings is 1. The fraction of sp³-hybridized carbons (Fsp3) is 0.167. The minimum atomic E-state index is -3.89. The van der Waals surface area contributed by atoms with Gasteiger partial charge in [-0.1, -0.05) is 12.1 Å². The van der Waals surface area contributed by atoms with Gasteiger partial charge in [0.2, 0.25) is 10.0 Å². The summed E-state index contributed by atoms with van der Waals surface area (Å²) in [5.74, 6) is -0.239. The van der Waals surface area contributed by atoms with Gasteiger partial charge in [0.15, 0.2) is 0 Å². The van der Waals surface area contributed by atoms with E-state index < -0.39 is 15.8 Å². The van der Waals surface area contributed by atoms with Gasteiger partial charge < -0.3 is 0 Å². The first-order valence-corrected chi connectivity index (χ1v) is 7.00. The summed E-state index contributed by atoms with van der Waals surface area (Å²) in [5.41, 5.74) is 0.521. The van der Waals surface area contributed by atoms with Crippen molar-refractivity contribution in [1.29, 1.82) is 0 Å². The smallest absolute Gasteiger partial charge is 0.242 e. The summed E-state index contributed by atoms with van der Waals surface area (Å²) in [4.78, 5) is 7.59. The summed E-state index contributed by atoms with van der Waals surface area (Å²) in [6.45, 7) is 1.69. The van der Waals surface area contributed by atoms with Crippen LogP contribution in [0, 0.1) is 12.7 Å². The molecule has 0 saturated carbocycles. The first-order valence-electron chi connectivity index (χ1n) is 5.52. The minimum Gasteiger partial charge on any atom is -0.242 e. The summed E-state index contributed by atoms with van der Waals surface area (Å²) in [6.07, 6.45) is 1.54. The first-order chi connectivity index (χ1) is 8.99. The molecule has 0 radical (unpaired) electrons. The van der Waals surface area contributed by atoms with E-state index in [0.717, 1.165) is 6.07 Å². The second-order valence-corrected chi connectivity index (χ2v) is 5.59. The number of hydrogen-bond acceptors (Lipinski definition) is 4. The van der Waals surface area contributed by atoms with Gasteiger partial charge in [0.05, 0.1) is 12.2 Å². The Morgan fingerprint density at radius 3 is 2.68 bits per heavy atom. The van der Waals surface area contributed by atoms with Crippen LogP contribution >= 0.6 is 0 Å². The van der Waals surface area contributed by atoms with E-state index in [2.05, 4.69) is 14.7 Å².